The van der Waals surface area contributed by atoms with Gasteiger partial charge in [-0.2, -0.15) is 0 Å². The summed E-state index contributed by atoms with van der Waals surface area (Å²) in [4.78, 5) is 37.0. The van der Waals surface area contributed by atoms with Crippen molar-refractivity contribution in [3.8, 4) is 11.5 Å². The first-order chi connectivity index (χ1) is 15.0. The predicted molar refractivity (Wildman–Crippen MR) is 120 cm³/mol. The maximum Gasteiger partial charge on any atom is 0.303 e. The highest BCUT2D eigenvalue weighted by Gasteiger charge is 2.34. The maximum atomic E-state index is 12.9. The van der Waals surface area contributed by atoms with Crippen molar-refractivity contribution >= 4 is 40.8 Å². The van der Waals surface area contributed by atoms with Crippen molar-refractivity contribution in [1.82, 2.24) is 5.32 Å². The van der Waals surface area contributed by atoms with Crippen molar-refractivity contribution in [2.75, 3.05) is 4.90 Å². The number of anilines is 1. The molecule has 0 atom stereocenters. The van der Waals surface area contributed by atoms with E-state index in [-0.39, 0.29) is 17.1 Å². The summed E-state index contributed by atoms with van der Waals surface area (Å²) in [5.74, 6) is -0.548. The van der Waals surface area contributed by atoms with Gasteiger partial charge in [-0.3, -0.25) is 24.6 Å². The maximum absolute atomic E-state index is 12.9. The molecule has 2 aromatic carbocycles. The number of unbranched alkanes of at least 4 members (excludes halogenated alkanes) is 3. The molecule has 0 saturated carbocycles. The lowest BCUT2D eigenvalue weighted by Gasteiger charge is -2.29. The number of nitrogens with one attached hydrogen (secondary N) is 1. The topological polar surface area (TPSA) is 95.9 Å². The normalized spacial score (nSPS) is 15.2. The Labute approximate surface area is 185 Å². The molecule has 1 fully saturated rings. The zero-order chi connectivity index (χ0) is 22.2. The number of amides is 2. The van der Waals surface area contributed by atoms with Gasteiger partial charge in [0.1, 0.15) is 17.1 Å². The van der Waals surface area contributed by atoms with E-state index in [1.54, 1.807) is 30.3 Å². The summed E-state index contributed by atoms with van der Waals surface area (Å²) < 4.78 is 5.76. The Bertz CT molecular complexity index is 1000. The summed E-state index contributed by atoms with van der Waals surface area (Å²) in [6, 6.07) is 16.2. The van der Waals surface area contributed by atoms with E-state index in [1.807, 2.05) is 30.3 Å². The summed E-state index contributed by atoms with van der Waals surface area (Å²) in [5.41, 5.74) is 0.541. The third kappa shape index (κ3) is 5.99. The monoisotopic (exact) mass is 438 g/mol. The van der Waals surface area contributed by atoms with Crippen LogP contribution in [0.4, 0.5) is 5.69 Å². The molecule has 8 heteroatoms. The van der Waals surface area contributed by atoms with Gasteiger partial charge < -0.3 is 9.84 Å². The van der Waals surface area contributed by atoms with Crippen molar-refractivity contribution in [3.63, 3.8) is 0 Å². The smallest absolute Gasteiger partial charge is 0.303 e. The molecule has 160 valence electrons. The van der Waals surface area contributed by atoms with Crippen molar-refractivity contribution < 1.29 is 24.2 Å². The van der Waals surface area contributed by atoms with Crippen LogP contribution in [0.1, 0.15) is 32.1 Å². The Balaban J connectivity index is 1.66. The van der Waals surface area contributed by atoms with Crippen LogP contribution in [-0.2, 0) is 14.4 Å². The van der Waals surface area contributed by atoms with Gasteiger partial charge in [0.25, 0.3) is 11.8 Å². The molecule has 1 aliphatic rings. The first kappa shape index (κ1) is 22.2. The molecule has 0 aliphatic carbocycles. The van der Waals surface area contributed by atoms with Gasteiger partial charge in [-0.05, 0) is 67.9 Å². The van der Waals surface area contributed by atoms with Crippen molar-refractivity contribution in [2.45, 2.75) is 32.1 Å². The lowest BCUT2D eigenvalue weighted by Crippen LogP contribution is -2.54. The van der Waals surface area contributed by atoms with Crippen LogP contribution in [0.3, 0.4) is 0 Å². The fourth-order valence-corrected chi connectivity index (χ4v) is 3.36. The average Bonchev–Trinajstić information content (AvgIpc) is 2.74. The Morgan fingerprint density at radius 2 is 1.68 bits per heavy atom. The predicted octanol–water partition coefficient (Wildman–Crippen LogP) is 4.19. The summed E-state index contributed by atoms with van der Waals surface area (Å²) in [7, 11) is 0. The quantitative estimate of drug-likeness (QED) is 0.264. The summed E-state index contributed by atoms with van der Waals surface area (Å²) >= 11 is 5.21. The van der Waals surface area contributed by atoms with Gasteiger partial charge in [0.2, 0.25) is 0 Å². The molecule has 1 heterocycles. The third-order valence-electron chi connectivity index (χ3n) is 4.62. The molecule has 2 N–H and O–H groups in total. The van der Waals surface area contributed by atoms with Gasteiger partial charge in [-0.1, -0.05) is 30.7 Å². The van der Waals surface area contributed by atoms with Gasteiger partial charge >= 0.3 is 5.97 Å². The van der Waals surface area contributed by atoms with Gasteiger partial charge in [0.15, 0.2) is 5.11 Å². The lowest BCUT2D eigenvalue weighted by atomic mass is 10.1. The van der Waals surface area contributed by atoms with E-state index in [4.69, 9.17) is 22.1 Å². The van der Waals surface area contributed by atoms with Crippen molar-refractivity contribution in [3.05, 3.63) is 66.2 Å². The molecule has 0 spiro atoms. The number of aliphatic carboxylic acids is 1. The first-order valence-electron chi connectivity index (χ1n) is 9.90. The van der Waals surface area contributed by atoms with E-state index in [0.717, 1.165) is 0 Å². The fourth-order valence-electron chi connectivity index (χ4n) is 3.08. The Morgan fingerprint density at radius 3 is 2.35 bits per heavy atom. The number of carbonyl (C=O) groups excluding carboxylic acids is 2. The van der Waals surface area contributed by atoms with E-state index < -0.39 is 17.8 Å². The van der Waals surface area contributed by atoms with Crippen LogP contribution in [0.15, 0.2) is 66.2 Å². The second-order valence-corrected chi connectivity index (χ2v) is 7.31. The minimum absolute atomic E-state index is 0.0188. The standard InChI is InChI=1S/C23H22N2O5S/c26-20(27)11-7-2-1-6-10-19-21(28)24-23(31)25(22(19)29)16-12-14-18(15-13-16)30-17-8-4-3-5-9-17/h3-5,8-10,12-15H,1-2,6-7,11H2,(H,26,27)(H,24,28,31)/b19-10+. The minimum atomic E-state index is -0.829. The van der Waals surface area contributed by atoms with Crippen LogP contribution in [-0.4, -0.2) is 28.0 Å². The number of rotatable bonds is 9. The Kier molecular flexibility index (Phi) is 7.50. The second-order valence-electron chi connectivity index (χ2n) is 6.92. The van der Waals surface area contributed by atoms with Crippen molar-refractivity contribution in [2.24, 2.45) is 0 Å². The molecule has 0 bridgehead atoms. The number of allylic oxidation sites excluding steroid dienone is 1. The van der Waals surface area contributed by atoms with E-state index >= 15 is 0 Å². The SMILES string of the molecule is O=C(O)CCCCC/C=C1\C(=O)NC(=S)N(c2ccc(Oc3ccccc3)cc2)C1=O. The van der Waals surface area contributed by atoms with Crippen LogP contribution < -0.4 is 15.0 Å². The van der Waals surface area contributed by atoms with E-state index in [2.05, 4.69) is 5.32 Å². The van der Waals surface area contributed by atoms with E-state index in [1.165, 1.54) is 4.90 Å². The number of carboxylic acid groups (broad SMARTS) is 1. The number of nitrogens with zero attached hydrogens (tertiary/aromatic N) is 1. The van der Waals surface area contributed by atoms with Crippen LogP contribution in [0.5, 0.6) is 11.5 Å². The van der Waals surface area contributed by atoms with E-state index in [9.17, 15) is 14.4 Å². The molecule has 2 aromatic rings. The molecule has 1 aliphatic heterocycles. The minimum Gasteiger partial charge on any atom is -0.481 e. The molecule has 7 nitrogen and oxygen atoms in total. The number of hydrogen-bond acceptors (Lipinski definition) is 5. The van der Waals surface area contributed by atoms with Crippen LogP contribution in [0, 0.1) is 0 Å². The molecule has 3 rings (SSSR count). The number of benzene rings is 2. The second kappa shape index (κ2) is 10.5. The van der Waals surface area contributed by atoms with Crippen LogP contribution in [0.2, 0.25) is 0 Å². The largest absolute Gasteiger partial charge is 0.481 e. The van der Waals surface area contributed by atoms with Gasteiger partial charge in [0.05, 0.1) is 5.69 Å². The number of thiocarbonyl (C=S) groups is 1. The zero-order valence-electron chi connectivity index (χ0n) is 16.7. The van der Waals surface area contributed by atoms with Gasteiger partial charge in [-0.15, -0.1) is 0 Å². The average molecular weight is 439 g/mol. The van der Waals surface area contributed by atoms with Crippen LogP contribution >= 0.6 is 12.2 Å². The number of carbonyl (C=O) groups is 3. The van der Waals surface area contributed by atoms with Gasteiger partial charge in [-0.25, -0.2) is 0 Å². The highest BCUT2D eigenvalue weighted by molar-refractivity contribution is 7.80. The van der Waals surface area contributed by atoms with Crippen molar-refractivity contribution in [1.29, 1.82) is 0 Å². The highest BCUT2D eigenvalue weighted by atomic mass is 32.1. The molecule has 31 heavy (non-hydrogen) atoms. The number of hydrogen-bond donors (Lipinski definition) is 2. The zero-order valence-corrected chi connectivity index (χ0v) is 17.6. The summed E-state index contributed by atoms with van der Waals surface area (Å²) in [5, 5.41) is 11.2. The molecular weight excluding hydrogens is 416 g/mol. The molecule has 0 unspecified atom stereocenters. The molecular formula is C23H22N2O5S. The van der Waals surface area contributed by atoms with E-state index in [0.29, 0.717) is 42.9 Å². The van der Waals surface area contributed by atoms with Gasteiger partial charge in [0, 0.05) is 6.42 Å². The molecule has 2 amide bonds. The van der Waals surface area contributed by atoms with Crippen LogP contribution in [0.25, 0.3) is 0 Å². The highest BCUT2D eigenvalue weighted by Crippen LogP contribution is 2.26. The molecule has 0 aromatic heterocycles. The molecule has 1 saturated heterocycles. The third-order valence-corrected chi connectivity index (χ3v) is 4.90. The summed E-state index contributed by atoms with van der Waals surface area (Å²) in [6.45, 7) is 0. The lowest BCUT2D eigenvalue weighted by molar-refractivity contribution is -0.137. The Morgan fingerprint density at radius 1 is 1.00 bits per heavy atom. The Hall–Kier alpha value is -3.52. The first-order valence-corrected chi connectivity index (χ1v) is 10.3. The number of ether oxygens (including phenoxy) is 1. The summed E-state index contributed by atoms with van der Waals surface area (Å²) in [6.07, 6.45) is 4.15. The number of carboxylic acids is 1. The number of para-hydroxylation sites is 1. The molecule has 0 radical (unpaired) electrons. The fraction of sp³-hybridized carbons (Fsp3) is 0.217.